The predicted octanol–water partition coefficient (Wildman–Crippen LogP) is 9.44. The molecule has 36 heavy (non-hydrogen) atoms. The Morgan fingerprint density at radius 2 is 1.44 bits per heavy atom. The molecule has 1 radical (unpaired) electrons. The second-order valence-electron chi connectivity index (χ2n) is 10.6. The van der Waals surface area contributed by atoms with Gasteiger partial charge in [-0.05, 0) is 57.3 Å². The Morgan fingerprint density at radius 3 is 2.39 bits per heavy atom. The number of rotatable bonds is 2. The number of allylic oxidation sites excluding steroid dienone is 2. The molecule has 3 aliphatic carbocycles. The van der Waals surface area contributed by atoms with Crippen LogP contribution in [0.3, 0.4) is 0 Å². The molecule has 0 bridgehead atoms. The molecule has 0 spiro atoms. The topological polar surface area (TPSA) is 26.3 Å². The average molecular weight is 460 g/mol. The van der Waals surface area contributed by atoms with Gasteiger partial charge >= 0.3 is 0 Å². The van der Waals surface area contributed by atoms with Gasteiger partial charge in [-0.25, -0.2) is 0 Å². The number of benzene rings is 5. The zero-order chi connectivity index (χ0) is 23.1. The van der Waals surface area contributed by atoms with Gasteiger partial charge < -0.3 is 8.83 Å². The van der Waals surface area contributed by atoms with E-state index in [9.17, 15) is 0 Å². The van der Waals surface area contributed by atoms with Crippen LogP contribution in [0.15, 0.2) is 93.8 Å². The largest absolute Gasteiger partial charge is 0.459 e. The molecule has 2 nitrogen and oxygen atoms in total. The summed E-state index contributed by atoms with van der Waals surface area (Å²) < 4.78 is 13.8. The smallest absolute Gasteiger partial charge is 0.143 e. The zero-order valence-electron chi connectivity index (χ0n) is 19.3. The summed E-state index contributed by atoms with van der Waals surface area (Å²) in [6, 6.07) is 28.6. The Kier molecular flexibility index (Phi) is 2.96. The lowest BCUT2D eigenvalue weighted by atomic mass is 9.83. The van der Waals surface area contributed by atoms with E-state index < -0.39 is 0 Å². The number of hydrogen-bond donors (Lipinski definition) is 0. The molecule has 1 saturated carbocycles. The molecular formula is C34H19O2. The van der Waals surface area contributed by atoms with Gasteiger partial charge in [-0.2, -0.15) is 0 Å². The fourth-order valence-corrected chi connectivity index (χ4v) is 6.93. The average Bonchev–Trinajstić information content (AvgIpc) is 3.84. The second-order valence-corrected chi connectivity index (χ2v) is 10.6. The minimum atomic E-state index is 0.452. The molecule has 2 heterocycles. The van der Waals surface area contributed by atoms with E-state index in [2.05, 4.69) is 91.4 Å². The van der Waals surface area contributed by atoms with Gasteiger partial charge in [0, 0.05) is 45.4 Å². The molecular weight excluding hydrogens is 440 g/mol. The predicted molar refractivity (Wildman–Crippen MR) is 145 cm³/mol. The molecule has 0 aromatic heterocycles. The Balaban J connectivity index is 1.43. The van der Waals surface area contributed by atoms with Crippen LogP contribution in [0.4, 0.5) is 0 Å². The van der Waals surface area contributed by atoms with Crippen molar-refractivity contribution < 1.29 is 8.83 Å². The fraction of sp³-hybridized carbons (Fsp3) is 0.0882. The van der Waals surface area contributed by atoms with Gasteiger partial charge in [0.1, 0.15) is 22.5 Å². The van der Waals surface area contributed by atoms with Gasteiger partial charge in [-0.1, -0.05) is 72.8 Å². The standard InChI is InChI=1S/C34H19O2/c1-2-6-20-17(4-1)5-3-7-22(20)24-12-10-19-11-15-27-30-28(19)33(24)36-34-26-16-25(26)23-14-13-21(18-8-9-18)32(35-27)29(23)31(30)34/h1-15,25-26H,16H2. The maximum atomic E-state index is 7.05. The van der Waals surface area contributed by atoms with Gasteiger partial charge in [0.15, 0.2) is 0 Å². The van der Waals surface area contributed by atoms with Crippen LogP contribution in [0.1, 0.15) is 35.1 Å². The van der Waals surface area contributed by atoms with Crippen molar-refractivity contribution in [1.29, 1.82) is 0 Å². The highest BCUT2D eigenvalue weighted by molar-refractivity contribution is 6.22. The van der Waals surface area contributed by atoms with Crippen molar-refractivity contribution in [3.8, 4) is 22.3 Å². The maximum absolute atomic E-state index is 7.05. The molecule has 0 saturated heterocycles. The van der Waals surface area contributed by atoms with E-state index in [1.807, 2.05) is 0 Å². The van der Waals surface area contributed by atoms with Crippen LogP contribution in [-0.4, -0.2) is 0 Å². The van der Waals surface area contributed by atoms with Crippen LogP contribution in [0, 0.1) is 6.42 Å². The van der Waals surface area contributed by atoms with E-state index in [0.29, 0.717) is 11.8 Å². The highest BCUT2D eigenvalue weighted by atomic mass is 16.3. The molecule has 2 heteroatoms. The highest BCUT2D eigenvalue weighted by Crippen LogP contribution is 2.65. The van der Waals surface area contributed by atoms with Crippen molar-refractivity contribution in [2.45, 2.75) is 18.3 Å². The van der Waals surface area contributed by atoms with Crippen LogP contribution in [0.2, 0.25) is 0 Å². The minimum Gasteiger partial charge on any atom is -0.459 e. The monoisotopic (exact) mass is 459 g/mol. The second kappa shape index (κ2) is 5.91. The van der Waals surface area contributed by atoms with Crippen molar-refractivity contribution in [1.82, 2.24) is 0 Å². The van der Waals surface area contributed by atoms with E-state index in [1.165, 1.54) is 60.3 Å². The molecule has 2 unspecified atom stereocenters. The lowest BCUT2D eigenvalue weighted by Gasteiger charge is -2.25. The van der Waals surface area contributed by atoms with E-state index in [1.54, 1.807) is 0 Å². The van der Waals surface area contributed by atoms with Gasteiger partial charge in [0.2, 0.25) is 0 Å². The lowest BCUT2D eigenvalue weighted by molar-refractivity contribution is 0.537. The van der Waals surface area contributed by atoms with Gasteiger partial charge in [0.05, 0.1) is 0 Å². The van der Waals surface area contributed by atoms with Crippen molar-refractivity contribution in [3.63, 3.8) is 0 Å². The van der Waals surface area contributed by atoms with Crippen LogP contribution in [-0.2, 0) is 0 Å². The molecule has 167 valence electrons. The first kappa shape index (κ1) is 18.0. The molecule has 1 fully saturated rings. The summed E-state index contributed by atoms with van der Waals surface area (Å²) in [6.07, 6.45) is 5.49. The fourth-order valence-electron chi connectivity index (χ4n) is 6.93. The summed E-state index contributed by atoms with van der Waals surface area (Å²) >= 11 is 0. The Hall–Kier alpha value is -4.30. The first-order valence-corrected chi connectivity index (χ1v) is 12.8. The molecule has 2 aliphatic heterocycles. The van der Waals surface area contributed by atoms with Gasteiger partial charge in [-0.15, -0.1) is 0 Å². The Labute approximate surface area is 206 Å². The van der Waals surface area contributed by atoms with Gasteiger partial charge in [0.25, 0.3) is 0 Å². The molecule has 10 rings (SSSR count). The number of fused-ring (bicyclic) bond motifs is 4. The first-order valence-electron chi connectivity index (χ1n) is 12.8. The normalized spacial score (nSPS) is 19.6. The number of hydrogen-bond acceptors (Lipinski definition) is 2. The highest BCUT2D eigenvalue weighted by Gasteiger charge is 2.49. The third kappa shape index (κ3) is 2.07. The first-order chi connectivity index (χ1) is 17.8. The molecule has 0 N–H and O–H groups in total. The van der Waals surface area contributed by atoms with Crippen molar-refractivity contribution in [3.05, 3.63) is 108 Å². The van der Waals surface area contributed by atoms with E-state index in [0.717, 1.165) is 34.5 Å². The summed E-state index contributed by atoms with van der Waals surface area (Å²) in [6.45, 7) is 0. The molecule has 5 aromatic carbocycles. The third-order valence-corrected chi connectivity index (χ3v) is 8.71. The van der Waals surface area contributed by atoms with Crippen LogP contribution in [0.25, 0.3) is 71.5 Å². The quantitative estimate of drug-likeness (QED) is 0.190. The molecule has 0 amide bonds. The SMILES string of the molecule is [CH]1C=C1c1ccc2c3c4c(oc5c(-c6cccc7ccccc67)ccc6ccc(oc13)c-4c65)C1CC21. The van der Waals surface area contributed by atoms with E-state index >= 15 is 0 Å². The summed E-state index contributed by atoms with van der Waals surface area (Å²) in [4.78, 5) is 0. The minimum absolute atomic E-state index is 0.452. The van der Waals surface area contributed by atoms with Crippen molar-refractivity contribution in [2.75, 3.05) is 0 Å². The summed E-state index contributed by atoms with van der Waals surface area (Å²) in [5.74, 6) is 2.13. The van der Waals surface area contributed by atoms with Gasteiger partial charge in [-0.3, -0.25) is 0 Å². The molecule has 5 aromatic rings. The summed E-state index contributed by atoms with van der Waals surface area (Å²) in [7, 11) is 0. The third-order valence-electron chi connectivity index (χ3n) is 8.71. The van der Waals surface area contributed by atoms with E-state index in [-0.39, 0.29) is 0 Å². The maximum Gasteiger partial charge on any atom is 0.143 e. The summed E-state index contributed by atoms with van der Waals surface area (Å²) in [5.41, 5.74) is 11.7. The Bertz CT molecular complexity index is 2110. The van der Waals surface area contributed by atoms with Crippen LogP contribution >= 0.6 is 0 Å². The zero-order valence-corrected chi connectivity index (χ0v) is 19.3. The lowest BCUT2D eigenvalue weighted by Crippen LogP contribution is -2.04. The van der Waals surface area contributed by atoms with Crippen LogP contribution < -0.4 is 0 Å². The summed E-state index contributed by atoms with van der Waals surface area (Å²) in [5, 5.41) is 6.13. The molecule has 2 atom stereocenters. The van der Waals surface area contributed by atoms with E-state index in [4.69, 9.17) is 8.83 Å². The van der Waals surface area contributed by atoms with Crippen LogP contribution in [0.5, 0.6) is 0 Å². The Morgan fingerprint density at radius 1 is 0.611 bits per heavy atom. The van der Waals surface area contributed by atoms with Crippen molar-refractivity contribution >= 4 is 49.3 Å². The van der Waals surface area contributed by atoms with Crippen molar-refractivity contribution in [2.24, 2.45) is 0 Å². The molecule has 5 aliphatic rings.